The number of halogens is 1. The van der Waals surface area contributed by atoms with Gasteiger partial charge < -0.3 is 9.32 Å². The van der Waals surface area contributed by atoms with Gasteiger partial charge in [0.15, 0.2) is 11.6 Å². The van der Waals surface area contributed by atoms with Crippen LogP contribution in [0.3, 0.4) is 0 Å². The van der Waals surface area contributed by atoms with Gasteiger partial charge in [-0.3, -0.25) is 19.8 Å². The van der Waals surface area contributed by atoms with Gasteiger partial charge in [-0.25, -0.2) is 0 Å². The largest absolute Gasteiger partial charge is 0.433 e. The van der Waals surface area contributed by atoms with Crippen LogP contribution in [0.2, 0.25) is 5.02 Å². The van der Waals surface area contributed by atoms with E-state index >= 15 is 0 Å². The number of amides is 1. The Bertz CT molecular complexity index is 1020. The molecule has 0 radical (unpaired) electrons. The van der Waals surface area contributed by atoms with Gasteiger partial charge in [-0.2, -0.15) is 4.68 Å². The van der Waals surface area contributed by atoms with E-state index in [0.717, 1.165) is 5.69 Å². The van der Waals surface area contributed by atoms with Crippen molar-refractivity contribution < 1.29 is 14.1 Å². The summed E-state index contributed by atoms with van der Waals surface area (Å²) in [5.41, 5.74) is 0.808. The number of hydrogen-bond acceptors (Lipinski definition) is 8. The molecule has 1 saturated heterocycles. The second-order valence-corrected chi connectivity index (χ2v) is 6.88. The number of benzene rings is 1. The summed E-state index contributed by atoms with van der Waals surface area (Å²) in [5.74, 6) is -0.157. The van der Waals surface area contributed by atoms with E-state index in [1.807, 2.05) is 12.1 Å². The lowest BCUT2D eigenvalue weighted by Gasteiger charge is -2.33. The summed E-state index contributed by atoms with van der Waals surface area (Å²) in [4.78, 5) is 26.3. The van der Waals surface area contributed by atoms with E-state index < -0.39 is 10.8 Å². The molecule has 0 unspecified atom stereocenters. The number of carbonyl (C=O) groups is 1. The van der Waals surface area contributed by atoms with Crippen molar-refractivity contribution in [2.75, 3.05) is 26.2 Å². The van der Waals surface area contributed by atoms with Crippen molar-refractivity contribution in [3.8, 4) is 5.69 Å². The lowest BCUT2D eigenvalue weighted by molar-refractivity contribution is -0.402. The van der Waals surface area contributed by atoms with Crippen molar-refractivity contribution in [3.63, 3.8) is 0 Å². The van der Waals surface area contributed by atoms with E-state index in [1.54, 1.807) is 21.7 Å². The molecule has 1 fully saturated rings. The number of furan rings is 1. The molecule has 0 saturated carbocycles. The molecule has 3 aromatic rings. The highest BCUT2D eigenvalue weighted by molar-refractivity contribution is 6.30. The van der Waals surface area contributed by atoms with E-state index in [1.165, 1.54) is 12.1 Å². The number of rotatable bonds is 5. The fraction of sp³-hybridized carbons (Fsp3) is 0.294. The first kappa shape index (κ1) is 19.0. The standard InChI is InChI=1S/C17H16ClN7O4/c18-12-1-3-13(4-2-12)24-15(19-20-21-24)11-22-7-9-23(10-8-22)17(26)14-5-6-16(29-14)25(27)28/h1-6H,7-11H2. The van der Waals surface area contributed by atoms with Crippen LogP contribution >= 0.6 is 11.6 Å². The molecule has 0 N–H and O–H groups in total. The quantitative estimate of drug-likeness (QED) is 0.454. The molecule has 11 nitrogen and oxygen atoms in total. The maximum Gasteiger partial charge on any atom is 0.433 e. The zero-order valence-corrected chi connectivity index (χ0v) is 15.9. The Morgan fingerprint density at radius 2 is 1.86 bits per heavy atom. The first-order chi connectivity index (χ1) is 14.0. The van der Waals surface area contributed by atoms with Gasteiger partial charge in [0.05, 0.1) is 18.3 Å². The number of hydrogen-bond donors (Lipinski definition) is 0. The predicted octanol–water partition coefficient (Wildman–Crippen LogP) is 1.77. The van der Waals surface area contributed by atoms with Crippen molar-refractivity contribution in [2.45, 2.75) is 6.54 Å². The monoisotopic (exact) mass is 417 g/mol. The summed E-state index contributed by atoms with van der Waals surface area (Å²) in [6.45, 7) is 2.68. The normalized spacial score (nSPS) is 14.9. The second kappa shape index (κ2) is 7.97. The van der Waals surface area contributed by atoms with Crippen molar-refractivity contribution >= 4 is 23.4 Å². The van der Waals surface area contributed by atoms with Gasteiger partial charge in [-0.05, 0) is 40.8 Å². The first-order valence-corrected chi connectivity index (χ1v) is 9.18. The molecule has 12 heteroatoms. The van der Waals surface area contributed by atoms with Crippen LogP contribution in [0.25, 0.3) is 5.69 Å². The molecule has 1 aliphatic rings. The van der Waals surface area contributed by atoms with Gasteiger partial charge >= 0.3 is 5.88 Å². The van der Waals surface area contributed by atoms with Crippen molar-refractivity contribution in [1.29, 1.82) is 0 Å². The Balaban J connectivity index is 1.37. The van der Waals surface area contributed by atoms with E-state index in [9.17, 15) is 14.9 Å². The van der Waals surface area contributed by atoms with Crippen LogP contribution in [-0.4, -0.2) is 67.0 Å². The van der Waals surface area contributed by atoms with Crippen LogP contribution in [-0.2, 0) is 6.54 Å². The zero-order chi connectivity index (χ0) is 20.4. The van der Waals surface area contributed by atoms with E-state index in [-0.39, 0.29) is 11.7 Å². The molecule has 29 heavy (non-hydrogen) atoms. The summed E-state index contributed by atoms with van der Waals surface area (Å²) in [6.07, 6.45) is 0. The highest BCUT2D eigenvalue weighted by atomic mass is 35.5. The van der Waals surface area contributed by atoms with E-state index in [4.69, 9.17) is 16.0 Å². The number of aromatic nitrogens is 4. The molecule has 0 aliphatic carbocycles. The van der Waals surface area contributed by atoms with Gasteiger partial charge in [0.1, 0.15) is 4.92 Å². The van der Waals surface area contributed by atoms with Crippen LogP contribution in [0.1, 0.15) is 16.4 Å². The minimum atomic E-state index is -0.667. The Labute approximate surface area is 169 Å². The summed E-state index contributed by atoms with van der Waals surface area (Å²) in [6, 6.07) is 9.72. The molecule has 3 heterocycles. The summed E-state index contributed by atoms with van der Waals surface area (Å²) in [7, 11) is 0. The van der Waals surface area contributed by atoms with Crippen molar-refractivity contribution in [3.05, 3.63) is 63.1 Å². The van der Waals surface area contributed by atoms with Gasteiger partial charge in [0.2, 0.25) is 0 Å². The zero-order valence-electron chi connectivity index (χ0n) is 15.1. The SMILES string of the molecule is O=C(c1ccc([N+](=O)[O-])o1)N1CCN(Cc2nnnn2-c2ccc(Cl)cc2)CC1. The van der Waals surface area contributed by atoms with Crippen LogP contribution in [0.15, 0.2) is 40.8 Å². The van der Waals surface area contributed by atoms with Crippen molar-refractivity contribution in [2.24, 2.45) is 0 Å². The summed E-state index contributed by atoms with van der Waals surface area (Å²) >= 11 is 5.93. The number of nitro groups is 1. The van der Waals surface area contributed by atoms with E-state index in [0.29, 0.717) is 43.6 Å². The van der Waals surface area contributed by atoms with Gasteiger partial charge in [0, 0.05) is 31.2 Å². The topological polar surface area (TPSA) is 123 Å². The third kappa shape index (κ3) is 4.10. The third-order valence-corrected chi connectivity index (χ3v) is 4.86. The Morgan fingerprint density at radius 1 is 1.14 bits per heavy atom. The van der Waals surface area contributed by atoms with Crippen LogP contribution in [0.4, 0.5) is 5.88 Å². The minimum absolute atomic E-state index is 0.0307. The lowest BCUT2D eigenvalue weighted by atomic mass is 10.2. The fourth-order valence-corrected chi connectivity index (χ4v) is 3.22. The first-order valence-electron chi connectivity index (χ1n) is 8.80. The van der Waals surface area contributed by atoms with E-state index in [2.05, 4.69) is 20.4 Å². The maximum absolute atomic E-state index is 12.5. The lowest BCUT2D eigenvalue weighted by Crippen LogP contribution is -2.48. The van der Waals surface area contributed by atoms with Crippen LogP contribution < -0.4 is 0 Å². The van der Waals surface area contributed by atoms with Gasteiger partial charge in [-0.1, -0.05) is 11.6 Å². The van der Waals surface area contributed by atoms with Crippen molar-refractivity contribution in [1.82, 2.24) is 30.0 Å². The molecule has 0 atom stereocenters. The predicted molar refractivity (Wildman–Crippen MR) is 101 cm³/mol. The number of carbonyl (C=O) groups excluding carboxylic acids is 1. The van der Waals surface area contributed by atoms with Gasteiger partial charge in [-0.15, -0.1) is 5.10 Å². The Hall–Kier alpha value is -3.31. The number of nitrogens with zero attached hydrogens (tertiary/aromatic N) is 7. The molecular weight excluding hydrogens is 402 g/mol. The van der Waals surface area contributed by atoms with Crippen LogP contribution in [0.5, 0.6) is 0 Å². The summed E-state index contributed by atoms with van der Waals surface area (Å²) in [5, 5.41) is 23.2. The molecule has 4 rings (SSSR count). The minimum Gasteiger partial charge on any atom is -0.395 e. The molecule has 0 bridgehead atoms. The average Bonchev–Trinajstić information content (AvgIpc) is 3.39. The molecular formula is C17H16ClN7O4. The third-order valence-electron chi connectivity index (χ3n) is 4.61. The maximum atomic E-state index is 12.5. The molecule has 2 aromatic heterocycles. The Kier molecular flexibility index (Phi) is 5.23. The van der Waals surface area contributed by atoms with Crippen LogP contribution in [0, 0.1) is 10.1 Å². The Morgan fingerprint density at radius 3 is 2.52 bits per heavy atom. The highest BCUT2D eigenvalue weighted by Gasteiger charge is 2.26. The van der Waals surface area contributed by atoms with Gasteiger partial charge in [0.25, 0.3) is 5.91 Å². The summed E-state index contributed by atoms with van der Waals surface area (Å²) < 4.78 is 6.65. The smallest absolute Gasteiger partial charge is 0.395 e. The second-order valence-electron chi connectivity index (χ2n) is 6.45. The number of piperazine rings is 1. The molecule has 1 aromatic carbocycles. The average molecular weight is 418 g/mol. The molecule has 0 spiro atoms. The molecule has 150 valence electrons. The highest BCUT2D eigenvalue weighted by Crippen LogP contribution is 2.19. The molecule has 1 amide bonds. The number of tetrazole rings is 1. The fourth-order valence-electron chi connectivity index (χ4n) is 3.09. The molecule has 1 aliphatic heterocycles.